The zero-order chi connectivity index (χ0) is 9.23. The summed E-state index contributed by atoms with van der Waals surface area (Å²) < 4.78 is 0. The van der Waals surface area contributed by atoms with Crippen LogP contribution >= 0.6 is 0 Å². The molecule has 0 aromatic heterocycles. The quantitative estimate of drug-likeness (QED) is 0.274. The van der Waals surface area contributed by atoms with E-state index < -0.39 is 0 Å². The van der Waals surface area contributed by atoms with E-state index in [1.54, 1.807) is 0 Å². The normalized spacial score (nSPS) is 10.8. The van der Waals surface area contributed by atoms with Crippen LogP contribution in [0.2, 0.25) is 0 Å². The highest BCUT2D eigenvalue weighted by Gasteiger charge is 1.88. The van der Waals surface area contributed by atoms with Gasteiger partial charge in [0.2, 0.25) is 0 Å². The van der Waals surface area contributed by atoms with Crippen LogP contribution in [0.1, 0.15) is 26.2 Å². The van der Waals surface area contributed by atoms with Gasteiger partial charge in [0.15, 0.2) is 5.96 Å². The molecule has 0 unspecified atom stereocenters. The highest BCUT2D eigenvalue weighted by molar-refractivity contribution is 5.77. The second-order valence-corrected chi connectivity index (χ2v) is 2.50. The van der Waals surface area contributed by atoms with Crippen LogP contribution in [0, 0.1) is 12.3 Å². The summed E-state index contributed by atoms with van der Waals surface area (Å²) in [6.07, 6.45) is 7.84. The number of nitrogens with zero attached hydrogens (tertiary/aromatic N) is 1. The van der Waals surface area contributed by atoms with Gasteiger partial charge in [-0.25, -0.2) is 0 Å². The highest BCUT2D eigenvalue weighted by Crippen LogP contribution is 1.82. The number of aliphatic imine (C=N–C) groups is 1. The van der Waals surface area contributed by atoms with Gasteiger partial charge in [0.1, 0.15) is 0 Å². The average Bonchev–Trinajstić information content (AvgIpc) is 2.09. The lowest BCUT2D eigenvalue weighted by Gasteiger charge is -2.02. The Labute approximate surface area is 74.4 Å². The number of nitrogens with two attached hydrogens (primary N) is 1. The molecule has 12 heavy (non-hydrogen) atoms. The Morgan fingerprint density at radius 2 is 2.42 bits per heavy atom. The smallest absolute Gasteiger partial charge is 0.188 e. The lowest BCUT2D eigenvalue weighted by molar-refractivity contribution is 0.786. The molecule has 0 atom stereocenters. The minimum Gasteiger partial charge on any atom is -0.370 e. The predicted octanol–water partition coefficient (Wildman–Crippen LogP) is 0.714. The second-order valence-electron chi connectivity index (χ2n) is 2.50. The fraction of sp³-hybridized carbons (Fsp3) is 0.667. The Morgan fingerprint density at radius 3 is 3.00 bits per heavy atom. The number of guanidine groups is 1. The van der Waals surface area contributed by atoms with Gasteiger partial charge < -0.3 is 11.1 Å². The van der Waals surface area contributed by atoms with E-state index in [0.717, 1.165) is 32.4 Å². The molecule has 0 rings (SSSR count). The van der Waals surface area contributed by atoms with Crippen molar-refractivity contribution in [1.82, 2.24) is 5.32 Å². The van der Waals surface area contributed by atoms with Crippen molar-refractivity contribution >= 4 is 5.96 Å². The fourth-order valence-corrected chi connectivity index (χ4v) is 0.695. The molecule has 0 heterocycles. The summed E-state index contributed by atoms with van der Waals surface area (Å²) in [7, 11) is 0. The first-order valence-electron chi connectivity index (χ1n) is 4.28. The van der Waals surface area contributed by atoms with Crippen molar-refractivity contribution in [3.8, 4) is 12.3 Å². The van der Waals surface area contributed by atoms with Crippen LogP contribution < -0.4 is 11.1 Å². The molecular weight excluding hydrogens is 150 g/mol. The third-order valence-corrected chi connectivity index (χ3v) is 1.31. The molecule has 0 fully saturated rings. The van der Waals surface area contributed by atoms with E-state index in [9.17, 15) is 0 Å². The van der Waals surface area contributed by atoms with E-state index in [4.69, 9.17) is 12.2 Å². The van der Waals surface area contributed by atoms with E-state index in [1.807, 2.05) is 0 Å². The van der Waals surface area contributed by atoms with Crippen LogP contribution in [0.25, 0.3) is 0 Å². The molecule has 0 aliphatic carbocycles. The third-order valence-electron chi connectivity index (χ3n) is 1.31. The summed E-state index contributed by atoms with van der Waals surface area (Å²) in [4.78, 5) is 4.07. The molecule has 0 saturated heterocycles. The number of hydrogen-bond acceptors (Lipinski definition) is 1. The zero-order valence-electron chi connectivity index (χ0n) is 7.64. The van der Waals surface area contributed by atoms with Gasteiger partial charge in [0.25, 0.3) is 0 Å². The van der Waals surface area contributed by atoms with Crippen molar-refractivity contribution in [2.75, 3.05) is 13.1 Å². The minimum atomic E-state index is 0.522. The lowest BCUT2D eigenvalue weighted by Crippen LogP contribution is -2.32. The van der Waals surface area contributed by atoms with Crippen molar-refractivity contribution in [2.24, 2.45) is 10.7 Å². The van der Waals surface area contributed by atoms with E-state index in [-0.39, 0.29) is 0 Å². The lowest BCUT2D eigenvalue weighted by atomic mass is 10.3. The maximum Gasteiger partial charge on any atom is 0.188 e. The molecule has 3 nitrogen and oxygen atoms in total. The van der Waals surface area contributed by atoms with Crippen LogP contribution in [-0.4, -0.2) is 19.0 Å². The second kappa shape index (κ2) is 7.93. The number of hydrogen-bond donors (Lipinski definition) is 2. The van der Waals surface area contributed by atoms with Crippen molar-refractivity contribution < 1.29 is 0 Å². The fourth-order valence-electron chi connectivity index (χ4n) is 0.695. The van der Waals surface area contributed by atoms with Gasteiger partial charge in [-0.1, -0.05) is 6.92 Å². The molecular formula is C9H17N3. The van der Waals surface area contributed by atoms with Crippen molar-refractivity contribution in [3.63, 3.8) is 0 Å². The molecule has 0 radical (unpaired) electrons. The maximum atomic E-state index is 5.53. The van der Waals surface area contributed by atoms with E-state index >= 15 is 0 Å². The number of unbranched alkanes of at least 4 members (excludes halogenated alkanes) is 1. The predicted molar refractivity (Wildman–Crippen MR) is 52.9 cm³/mol. The molecule has 0 spiro atoms. The molecule has 3 heteroatoms. The topological polar surface area (TPSA) is 50.4 Å². The van der Waals surface area contributed by atoms with Crippen molar-refractivity contribution in [3.05, 3.63) is 0 Å². The molecule has 0 saturated carbocycles. The Morgan fingerprint density at radius 1 is 1.67 bits per heavy atom. The first-order valence-corrected chi connectivity index (χ1v) is 4.28. The van der Waals surface area contributed by atoms with Crippen LogP contribution in [0.5, 0.6) is 0 Å². The molecule has 0 aromatic carbocycles. The largest absolute Gasteiger partial charge is 0.370 e. The summed E-state index contributed by atoms with van der Waals surface area (Å²) in [6, 6.07) is 0. The standard InChI is InChI=1S/C9H17N3/c1-3-5-6-8-12-9(10)11-7-4-2/h1H,4-8H2,2H3,(H3,10,11,12). The van der Waals surface area contributed by atoms with Gasteiger partial charge >= 0.3 is 0 Å². The van der Waals surface area contributed by atoms with E-state index in [1.165, 1.54) is 0 Å². The Hall–Kier alpha value is -1.17. The maximum absolute atomic E-state index is 5.53. The van der Waals surface area contributed by atoms with Crippen molar-refractivity contribution in [1.29, 1.82) is 0 Å². The van der Waals surface area contributed by atoms with Crippen LogP contribution in [0.4, 0.5) is 0 Å². The number of terminal acetylenes is 1. The first-order chi connectivity index (χ1) is 5.81. The SMILES string of the molecule is C#CCCCNC(N)=NCCC. The molecule has 0 amide bonds. The third kappa shape index (κ3) is 6.94. The molecule has 3 N–H and O–H groups in total. The summed E-state index contributed by atoms with van der Waals surface area (Å²) in [5, 5.41) is 2.98. The molecule has 0 aliphatic heterocycles. The number of rotatable bonds is 5. The summed E-state index contributed by atoms with van der Waals surface area (Å²) in [6.45, 7) is 3.66. The monoisotopic (exact) mass is 167 g/mol. The van der Waals surface area contributed by atoms with Gasteiger partial charge in [-0.2, -0.15) is 0 Å². The first kappa shape index (κ1) is 10.8. The Balaban J connectivity index is 3.31. The Kier molecular flexibility index (Phi) is 7.16. The molecule has 0 aliphatic rings. The number of nitrogens with one attached hydrogen (secondary N) is 1. The molecule has 0 aromatic rings. The van der Waals surface area contributed by atoms with E-state index in [0.29, 0.717) is 5.96 Å². The highest BCUT2D eigenvalue weighted by atomic mass is 15.1. The summed E-state index contributed by atoms with van der Waals surface area (Å²) in [5.74, 6) is 3.09. The van der Waals surface area contributed by atoms with Gasteiger partial charge in [-0.15, -0.1) is 12.3 Å². The van der Waals surface area contributed by atoms with Crippen LogP contribution in [-0.2, 0) is 0 Å². The van der Waals surface area contributed by atoms with Crippen LogP contribution in [0.15, 0.2) is 4.99 Å². The van der Waals surface area contributed by atoms with Gasteiger partial charge in [0.05, 0.1) is 0 Å². The van der Waals surface area contributed by atoms with Gasteiger partial charge in [-0.3, -0.25) is 4.99 Å². The summed E-state index contributed by atoms with van der Waals surface area (Å²) >= 11 is 0. The van der Waals surface area contributed by atoms with Crippen LogP contribution in [0.3, 0.4) is 0 Å². The minimum absolute atomic E-state index is 0.522. The zero-order valence-corrected chi connectivity index (χ0v) is 7.64. The average molecular weight is 167 g/mol. The van der Waals surface area contributed by atoms with Gasteiger partial charge in [-0.05, 0) is 12.8 Å². The van der Waals surface area contributed by atoms with Crippen molar-refractivity contribution in [2.45, 2.75) is 26.2 Å². The molecule has 68 valence electrons. The van der Waals surface area contributed by atoms with Gasteiger partial charge in [0, 0.05) is 19.5 Å². The Bertz CT molecular complexity index is 167. The van der Waals surface area contributed by atoms with E-state index in [2.05, 4.69) is 23.2 Å². The molecule has 0 bridgehead atoms. The summed E-state index contributed by atoms with van der Waals surface area (Å²) in [5.41, 5.74) is 5.53.